The molecule has 0 N–H and O–H groups in total. The topological polar surface area (TPSA) is 127 Å². The zero-order chi connectivity index (χ0) is 21.5. The summed E-state index contributed by atoms with van der Waals surface area (Å²) >= 11 is 6.12. The smallest absolute Gasteiger partial charge is 0.223 e. The monoisotopic (exact) mass is 451 g/mol. The molecule has 0 amide bonds. The molecule has 0 saturated heterocycles. The van der Waals surface area contributed by atoms with Crippen LogP contribution >= 0.6 is 11.6 Å². The van der Waals surface area contributed by atoms with Gasteiger partial charge in [0, 0.05) is 37.3 Å². The molecule has 2 aliphatic rings. The first-order valence-electron chi connectivity index (χ1n) is 9.68. The summed E-state index contributed by atoms with van der Waals surface area (Å²) in [4.78, 5) is 11.5. The zero-order valence-electron chi connectivity index (χ0n) is 16.7. The Kier molecular flexibility index (Phi) is 5.52. The van der Waals surface area contributed by atoms with Crippen molar-refractivity contribution < 1.29 is 17.9 Å². The number of hydrogen-bond donors (Lipinski definition) is 0. The summed E-state index contributed by atoms with van der Waals surface area (Å²) in [5, 5.41) is 5.01. The molecule has 160 valence electrons. The van der Waals surface area contributed by atoms with Crippen LogP contribution in [0.1, 0.15) is 38.2 Å². The Bertz CT molecular complexity index is 1130. The van der Waals surface area contributed by atoms with Crippen LogP contribution in [0.5, 0.6) is 5.88 Å². The van der Waals surface area contributed by atoms with Gasteiger partial charge in [0.05, 0.1) is 28.0 Å². The van der Waals surface area contributed by atoms with E-state index >= 15 is 0 Å². The van der Waals surface area contributed by atoms with E-state index in [1.807, 2.05) is 0 Å². The first-order chi connectivity index (χ1) is 14.3. The number of ether oxygens (including phenoxy) is 2. The molecule has 9 nitrogen and oxygen atoms in total. The van der Waals surface area contributed by atoms with Crippen molar-refractivity contribution in [1.29, 1.82) is 0 Å². The van der Waals surface area contributed by atoms with Gasteiger partial charge in [-0.25, -0.2) is 18.4 Å². The molecule has 2 saturated carbocycles. The molecule has 0 aliphatic heterocycles. The number of azide groups is 1. The van der Waals surface area contributed by atoms with Crippen molar-refractivity contribution in [2.75, 3.05) is 13.7 Å². The van der Waals surface area contributed by atoms with Crippen LogP contribution in [0.4, 0.5) is 0 Å². The number of halogens is 1. The summed E-state index contributed by atoms with van der Waals surface area (Å²) in [6.45, 7) is 1.90. The molecule has 2 heterocycles. The number of hydrogen-bond acceptors (Lipinski definition) is 7. The Morgan fingerprint density at radius 2 is 2.00 bits per heavy atom. The van der Waals surface area contributed by atoms with E-state index in [1.165, 1.54) is 7.11 Å². The number of fused-ring (bicyclic) bond motifs is 1. The molecular weight excluding hydrogens is 430 g/mol. The summed E-state index contributed by atoms with van der Waals surface area (Å²) in [6.07, 6.45) is 5.40. The molecule has 0 spiro atoms. The Hall–Kier alpha value is -2.13. The Balaban J connectivity index is 1.64. The fourth-order valence-electron chi connectivity index (χ4n) is 3.86. The van der Waals surface area contributed by atoms with E-state index in [4.69, 9.17) is 26.6 Å². The quantitative estimate of drug-likeness (QED) is 0.259. The van der Waals surface area contributed by atoms with Gasteiger partial charge < -0.3 is 9.47 Å². The second kappa shape index (κ2) is 7.85. The lowest BCUT2D eigenvalue weighted by atomic mass is 9.91. The minimum Gasteiger partial charge on any atom is -0.474 e. The number of nitrogens with zero attached hydrogens (tertiary/aromatic N) is 5. The van der Waals surface area contributed by atoms with Gasteiger partial charge in [0.25, 0.3) is 0 Å². The van der Waals surface area contributed by atoms with Crippen molar-refractivity contribution in [2.24, 2.45) is 5.11 Å². The first kappa shape index (κ1) is 21.1. The molecule has 2 aliphatic carbocycles. The molecule has 0 bridgehead atoms. The van der Waals surface area contributed by atoms with Gasteiger partial charge in [-0.1, -0.05) is 16.7 Å². The minimum atomic E-state index is -3.03. The number of pyridine rings is 2. The molecule has 30 heavy (non-hydrogen) atoms. The predicted octanol–water partition coefficient (Wildman–Crippen LogP) is 3.94. The molecule has 2 fully saturated rings. The maximum atomic E-state index is 12.4. The van der Waals surface area contributed by atoms with Crippen molar-refractivity contribution >= 4 is 32.2 Å². The fraction of sp³-hybridized carbons (Fsp3) is 0.579. The van der Waals surface area contributed by atoms with Crippen molar-refractivity contribution in [2.45, 2.75) is 54.7 Å². The van der Waals surface area contributed by atoms with Gasteiger partial charge in [-0.3, -0.25) is 0 Å². The molecule has 2 aromatic heterocycles. The van der Waals surface area contributed by atoms with Crippen molar-refractivity contribution in [3.8, 4) is 5.88 Å². The molecule has 2 aromatic rings. The highest BCUT2D eigenvalue weighted by Gasteiger charge is 2.47. The number of rotatable bonds is 8. The summed E-state index contributed by atoms with van der Waals surface area (Å²) in [5.41, 5.74) is 8.67. The van der Waals surface area contributed by atoms with Crippen LogP contribution in [0.15, 0.2) is 23.6 Å². The van der Waals surface area contributed by atoms with Crippen LogP contribution in [-0.4, -0.2) is 48.7 Å². The highest BCUT2D eigenvalue weighted by molar-refractivity contribution is 7.93. The van der Waals surface area contributed by atoms with Gasteiger partial charge in [-0.15, -0.1) is 0 Å². The van der Waals surface area contributed by atoms with Crippen LogP contribution < -0.4 is 4.74 Å². The average molecular weight is 452 g/mol. The second-order valence-corrected chi connectivity index (χ2v) is 10.9. The number of methoxy groups -OCH3 is 1. The van der Waals surface area contributed by atoms with Gasteiger partial charge in [-0.2, -0.15) is 0 Å². The average Bonchev–Trinajstić information content (AvgIpc) is 3.49. The highest BCUT2D eigenvalue weighted by atomic mass is 35.5. The normalized spacial score (nSPS) is 23.3. The maximum absolute atomic E-state index is 12.4. The standard InChI is InChI=1S/C19H22ClN5O4S/c1-19(10-28-2,24-25-21)16-9-23-18(15-8-22-17(20)7-14(15)16)29-11-5-13(6-11)30(26,27)12-3-4-12/h7-9,11-13H,3-6,10H2,1-2H3/t11-,13+,19?. The molecule has 0 radical (unpaired) electrons. The van der Waals surface area contributed by atoms with E-state index in [-0.39, 0.29) is 28.4 Å². The molecular formula is C19H22ClN5O4S. The first-order valence-corrected chi connectivity index (χ1v) is 11.7. The fourth-order valence-corrected chi connectivity index (χ4v) is 6.32. The molecule has 1 atom stereocenters. The molecule has 1 unspecified atom stereocenters. The molecule has 0 aromatic carbocycles. The lowest BCUT2D eigenvalue weighted by Gasteiger charge is -2.35. The van der Waals surface area contributed by atoms with E-state index < -0.39 is 15.4 Å². The van der Waals surface area contributed by atoms with Crippen LogP contribution in [0.2, 0.25) is 5.15 Å². The van der Waals surface area contributed by atoms with Gasteiger partial charge >= 0.3 is 0 Å². The highest BCUT2D eigenvalue weighted by Crippen LogP contribution is 2.41. The summed E-state index contributed by atoms with van der Waals surface area (Å²) in [5.74, 6) is 0.353. The largest absolute Gasteiger partial charge is 0.474 e. The van der Waals surface area contributed by atoms with Crippen molar-refractivity contribution in [3.05, 3.63) is 39.6 Å². The third-order valence-corrected chi connectivity index (χ3v) is 8.68. The Labute approximate surface area is 179 Å². The van der Waals surface area contributed by atoms with Crippen LogP contribution in [-0.2, 0) is 20.1 Å². The van der Waals surface area contributed by atoms with Crippen molar-refractivity contribution in [1.82, 2.24) is 9.97 Å². The van der Waals surface area contributed by atoms with Gasteiger partial charge in [0.2, 0.25) is 5.88 Å². The summed E-state index contributed by atoms with van der Waals surface area (Å²) < 4.78 is 36.0. The predicted molar refractivity (Wildman–Crippen MR) is 112 cm³/mol. The van der Waals surface area contributed by atoms with Gasteiger partial charge in [-0.05, 0) is 42.3 Å². The number of sulfone groups is 1. The van der Waals surface area contributed by atoms with E-state index in [1.54, 1.807) is 25.4 Å². The van der Waals surface area contributed by atoms with Gasteiger partial charge in [0.15, 0.2) is 9.84 Å². The SMILES string of the molecule is COCC(C)(N=[N+]=[N-])c1cnc(O[C@H]2C[C@@H](S(=O)(=O)C3CC3)C2)c2cnc(Cl)cc12. The number of aromatic nitrogens is 2. The third kappa shape index (κ3) is 3.80. The van der Waals surface area contributed by atoms with E-state index in [2.05, 4.69) is 20.0 Å². The van der Waals surface area contributed by atoms with Crippen LogP contribution in [0, 0.1) is 0 Å². The lowest BCUT2D eigenvalue weighted by molar-refractivity contribution is 0.119. The zero-order valence-corrected chi connectivity index (χ0v) is 18.2. The van der Waals surface area contributed by atoms with Gasteiger partial charge in [0.1, 0.15) is 11.3 Å². The molecule has 4 rings (SSSR count). The van der Waals surface area contributed by atoms with E-state index in [0.29, 0.717) is 35.1 Å². The van der Waals surface area contributed by atoms with E-state index in [0.717, 1.165) is 12.8 Å². The summed E-state index contributed by atoms with van der Waals surface area (Å²) in [7, 11) is -1.51. The van der Waals surface area contributed by atoms with Crippen LogP contribution in [0.3, 0.4) is 0 Å². The summed E-state index contributed by atoms with van der Waals surface area (Å²) in [6, 6.07) is 1.67. The maximum Gasteiger partial charge on any atom is 0.223 e. The molecule has 11 heteroatoms. The minimum absolute atomic E-state index is 0.150. The van der Waals surface area contributed by atoms with Crippen LogP contribution in [0.25, 0.3) is 21.2 Å². The Morgan fingerprint density at radius 3 is 2.63 bits per heavy atom. The Morgan fingerprint density at radius 1 is 1.27 bits per heavy atom. The van der Waals surface area contributed by atoms with Crippen molar-refractivity contribution in [3.63, 3.8) is 0 Å². The third-order valence-electron chi connectivity index (χ3n) is 5.76. The second-order valence-electron chi connectivity index (χ2n) is 8.05. The lowest BCUT2D eigenvalue weighted by Crippen LogP contribution is -2.44. The van der Waals surface area contributed by atoms with E-state index in [9.17, 15) is 8.42 Å².